The van der Waals surface area contributed by atoms with Crippen molar-refractivity contribution in [3.8, 4) is 27.7 Å². The Hall–Kier alpha value is -3.98. The van der Waals surface area contributed by atoms with Crippen LogP contribution in [0.5, 0.6) is 5.75 Å². The van der Waals surface area contributed by atoms with Crippen LogP contribution in [0.3, 0.4) is 0 Å². The van der Waals surface area contributed by atoms with Gasteiger partial charge in [-0.05, 0) is 55.8 Å². The largest absolute Gasteiger partial charge is 0.497 e. The van der Waals surface area contributed by atoms with E-state index in [0.717, 1.165) is 39.8 Å². The molecule has 3 N–H and O–H groups in total. The maximum atomic E-state index is 11.7. The number of carboxylic acid groups (broad SMARTS) is 1. The monoisotopic (exact) mass is 492 g/mol. The van der Waals surface area contributed by atoms with E-state index in [-0.39, 0.29) is 11.5 Å². The third-order valence-corrected chi connectivity index (χ3v) is 6.13. The molecule has 1 amide bonds. The molecule has 0 bridgehead atoms. The number of carbonyl (C=O) groups excluding carboxylic acids is 1. The van der Waals surface area contributed by atoms with Crippen molar-refractivity contribution in [2.45, 2.75) is 33.2 Å². The minimum atomic E-state index is -0.950. The Labute approximate surface area is 208 Å². The minimum absolute atomic E-state index is 0.211. The van der Waals surface area contributed by atoms with Crippen molar-refractivity contribution >= 4 is 23.2 Å². The predicted octanol–water partition coefficient (Wildman–Crippen LogP) is 5.01. The molecule has 9 heteroatoms. The molecular formula is C26H28N4O4S. The standard InChI is InChI=1S/C22H19N3O3S.C4H9NO/c1-14-18(22(26)27)11-20(25(14)12-16-5-3-4-10-23-16)19-13-29-21(24-19)15-6-8-17(28-2)9-7-15;1-2-3-4(5)6/h3-11,13H,12H2,1-2H3,(H,26,27);2-3H2,1H3,(H2,5,6). The SMILES string of the molecule is CCCC(N)=O.COc1ccc(-c2nc(-c3cc(C(=O)O)c(C)n3Cc3ccccn3)cs2)cc1. The third-order valence-electron chi connectivity index (χ3n) is 5.24. The van der Waals surface area contributed by atoms with Gasteiger partial charge in [0.2, 0.25) is 5.91 Å². The van der Waals surface area contributed by atoms with Crippen LogP contribution >= 0.6 is 11.3 Å². The van der Waals surface area contributed by atoms with Crippen molar-refractivity contribution in [3.63, 3.8) is 0 Å². The van der Waals surface area contributed by atoms with Gasteiger partial charge in [0.15, 0.2) is 0 Å². The van der Waals surface area contributed by atoms with Crippen LogP contribution < -0.4 is 10.5 Å². The number of nitrogens with two attached hydrogens (primary N) is 1. The molecule has 0 saturated heterocycles. The summed E-state index contributed by atoms with van der Waals surface area (Å²) in [5, 5.41) is 12.4. The van der Waals surface area contributed by atoms with Crippen LogP contribution in [0.4, 0.5) is 0 Å². The second-order valence-corrected chi connectivity index (χ2v) is 8.58. The summed E-state index contributed by atoms with van der Waals surface area (Å²) in [6.07, 6.45) is 3.10. The lowest BCUT2D eigenvalue weighted by molar-refractivity contribution is -0.118. The van der Waals surface area contributed by atoms with Crippen LogP contribution in [0, 0.1) is 6.92 Å². The number of pyridine rings is 1. The summed E-state index contributed by atoms with van der Waals surface area (Å²) in [6.45, 7) is 4.21. The summed E-state index contributed by atoms with van der Waals surface area (Å²) in [5.41, 5.74) is 9.07. The zero-order chi connectivity index (χ0) is 25.4. The van der Waals surface area contributed by atoms with Crippen molar-refractivity contribution < 1.29 is 19.4 Å². The molecule has 0 radical (unpaired) electrons. The molecule has 3 aromatic heterocycles. The minimum Gasteiger partial charge on any atom is -0.497 e. The summed E-state index contributed by atoms with van der Waals surface area (Å²) >= 11 is 1.52. The van der Waals surface area contributed by atoms with Crippen LogP contribution in [0.25, 0.3) is 22.0 Å². The van der Waals surface area contributed by atoms with Gasteiger partial charge in [-0.15, -0.1) is 11.3 Å². The summed E-state index contributed by atoms with van der Waals surface area (Å²) < 4.78 is 7.17. The fourth-order valence-electron chi connectivity index (χ4n) is 3.44. The first-order chi connectivity index (χ1) is 16.8. The van der Waals surface area contributed by atoms with Crippen molar-refractivity contribution in [3.05, 3.63) is 77.1 Å². The number of hydrogen-bond acceptors (Lipinski definition) is 6. The van der Waals surface area contributed by atoms with Gasteiger partial charge >= 0.3 is 5.97 Å². The number of aromatic carboxylic acids is 1. The molecular weight excluding hydrogens is 464 g/mol. The molecule has 4 rings (SSSR count). The average Bonchev–Trinajstić information content (AvgIpc) is 3.46. The number of nitrogens with zero attached hydrogens (tertiary/aromatic N) is 3. The van der Waals surface area contributed by atoms with Gasteiger partial charge < -0.3 is 20.1 Å². The number of carbonyl (C=O) groups is 2. The van der Waals surface area contributed by atoms with Crippen LogP contribution in [-0.2, 0) is 11.3 Å². The summed E-state index contributed by atoms with van der Waals surface area (Å²) in [4.78, 5) is 30.7. The van der Waals surface area contributed by atoms with E-state index in [1.54, 1.807) is 19.4 Å². The summed E-state index contributed by atoms with van der Waals surface area (Å²) in [7, 11) is 1.63. The molecule has 8 nitrogen and oxygen atoms in total. The molecule has 0 unspecified atom stereocenters. The third kappa shape index (κ3) is 6.54. The quantitative estimate of drug-likeness (QED) is 0.357. The smallest absolute Gasteiger partial charge is 0.337 e. The Morgan fingerprint density at radius 2 is 1.91 bits per heavy atom. The molecule has 0 atom stereocenters. The molecule has 1 aromatic carbocycles. The lowest BCUT2D eigenvalue weighted by Crippen LogP contribution is -2.08. The van der Waals surface area contributed by atoms with Gasteiger partial charge in [0.1, 0.15) is 10.8 Å². The highest BCUT2D eigenvalue weighted by atomic mass is 32.1. The fraction of sp³-hybridized carbons (Fsp3) is 0.231. The highest BCUT2D eigenvalue weighted by Gasteiger charge is 2.20. The molecule has 0 spiro atoms. The van der Waals surface area contributed by atoms with Gasteiger partial charge in [-0.1, -0.05) is 13.0 Å². The second-order valence-electron chi connectivity index (χ2n) is 7.72. The lowest BCUT2D eigenvalue weighted by atomic mass is 10.2. The average molecular weight is 493 g/mol. The van der Waals surface area contributed by atoms with Crippen LogP contribution in [-0.4, -0.2) is 38.6 Å². The zero-order valence-electron chi connectivity index (χ0n) is 19.9. The predicted molar refractivity (Wildman–Crippen MR) is 137 cm³/mol. The second kappa shape index (κ2) is 11.9. The Kier molecular flexibility index (Phi) is 8.74. The normalized spacial score (nSPS) is 10.4. The fourth-order valence-corrected chi connectivity index (χ4v) is 4.26. The number of carboxylic acids is 1. The van der Waals surface area contributed by atoms with Gasteiger partial charge in [0.25, 0.3) is 0 Å². The first-order valence-corrected chi connectivity index (χ1v) is 11.9. The molecule has 0 aliphatic rings. The van der Waals surface area contributed by atoms with E-state index < -0.39 is 5.97 Å². The van der Waals surface area contributed by atoms with Gasteiger partial charge in [-0.25, -0.2) is 9.78 Å². The van der Waals surface area contributed by atoms with E-state index in [0.29, 0.717) is 18.7 Å². The van der Waals surface area contributed by atoms with Gasteiger partial charge in [0, 0.05) is 29.3 Å². The number of ether oxygens (including phenoxy) is 1. The molecule has 35 heavy (non-hydrogen) atoms. The Morgan fingerprint density at radius 1 is 1.17 bits per heavy atom. The van der Waals surface area contributed by atoms with Gasteiger partial charge in [-0.2, -0.15) is 0 Å². The van der Waals surface area contributed by atoms with E-state index >= 15 is 0 Å². The van der Waals surface area contributed by atoms with Crippen molar-refractivity contribution in [1.82, 2.24) is 14.5 Å². The first-order valence-electron chi connectivity index (χ1n) is 11.1. The zero-order valence-corrected chi connectivity index (χ0v) is 20.7. The number of thiazole rings is 1. The van der Waals surface area contributed by atoms with E-state index in [2.05, 4.69) is 4.98 Å². The number of aromatic nitrogens is 3. The molecule has 0 aliphatic heterocycles. The van der Waals surface area contributed by atoms with Crippen LogP contribution in [0.15, 0.2) is 60.1 Å². The molecule has 0 aliphatic carbocycles. The van der Waals surface area contributed by atoms with Gasteiger partial charge in [-0.3, -0.25) is 9.78 Å². The van der Waals surface area contributed by atoms with Gasteiger partial charge in [0.05, 0.1) is 36.3 Å². The van der Waals surface area contributed by atoms with E-state index in [1.807, 2.05) is 66.3 Å². The number of rotatable bonds is 8. The molecule has 3 heterocycles. The van der Waals surface area contributed by atoms with Crippen LogP contribution in [0.2, 0.25) is 0 Å². The molecule has 0 saturated carbocycles. The number of benzene rings is 1. The van der Waals surface area contributed by atoms with E-state index in [1.165, 1.54) is 11.3 Å². The van der Waals surface area contributed by atoms with E-state index in [9.17, 15) is 14.7 Å². The topological polar surface area (TPSA) is 120 Å². The van der Waals surface area contributed by atoms with E-state index in [4.69, 9.17) is 15.5 Å². The highest BCUT2D eigenvalue weighted by molar-refractivity contribution is 7.13. The first kappa shape index (κ1) is 25.6. The molecule has 182 valence electrons. The number of primary amides is 1. The maximum absolute atomic E-state index is 11.7. The Bertz CT molecular complexity index is 1280. The Morgan fingerprint density at radius 3 is 2.46 bits per heavy atom. The Balaban J connectivity index is 0.000000509. The van der Waals surface area contributed by atoms with Crippen molar-refractivity contribution in [2.75, 3.05) is 7.11 Å². The van der Waals surface area contributed by atoms with Crippen molar-refractivity contribution in [2.24, 2.45) is 5.73 Å². The molecule has 0 fully saturated rings. The lowest BCUT2D eigenvalue weighted by Gasteiger charge is -2.10. The summed E-state index contributed by atoms with van der Waals surface area (Å²) in [5.74, 6) is -0.372. The molecule has 4 aromatic rings. The number of hydrogen-bond donors (Lipinski definition) is 2. The van der Waals surface area contributed by atoms with Crippen LogP contribution in [0.1, 0.15) is 41.5 Å². The number of methoxy groups -OCH3 is 1. The number of amides is 1. The van der Waals surface area contributed by atoms with Crippen molar-refractivity contribution in [1.29, 1.82) is 0 Å². The summed E-state index contributed by atoms with van der Waals surface area (Å²) in [6, 6.07) is 15.1. The maximum Gasteiger partial charge on any atom is 0.337 e. The highest BCUT2D eigenvalue weighted by Crippen LogP contribution is 2.32.